The summed E-state index contributed by atoms with van der Waals surface area (Å²) in [7, 11) is 2.75. The molecule has 8 nitrogen and oxygen atoms in total. The van der Waals surface area contributed by atoms with Crippen LogP contribution in [0.4, 0.5) is 16.2 Å². The number of hydrogen-bond acceptors (Lipinski definition) is 6. The molecule has 8 rings (SSSR count). The molecule has 0 fully saturated rings. The number of para-hydroxylation sites is 2. The fourth-order valence-corrected chi connectivity index (χ4v) is 7.24. The molecule has 316 valence electrons. The molecule has 0 saturated carbocycles. The van der Waals surface area contributed by atoms with Gasteiger partial charge in [-0.1, -0.05) is 133 Å². The van der Waals surface area contributed by atoms with Gasteiger partial charge in [-0.05, 0) is 114 Å². The van der Waals surface area contributed by atoms with Gasteiger partial charge < -0.3 is 19.7 Å². The van der Waals surface area contributed by atoms with Crippen molar-refractivity contribution in [2.45, 2.75) is 45.2 Å². The maximum absolute atomic E-state index is 13.5. The summed E-state index contributed by atoms with van der Waals surface area (Å²) in [6, 6.07) is 55.2. The lowest BCUT2D eigenvalue weighted by molar-refractivity contribution is 0.0592. The van der Waals surface area contributed by atoms with Gasteiger partial charge >= 0.3 is 18.0 Å². The van der Waals surface area contributed by atoms with Crippen molar-refractivity contribution in [3.63, 3.8) is 0 Å². The zero-order chi connectivity index (χ0) is 43.4. The summed E-state index contributed by atoms with van der Waals surface area (Å²) in [5.74, 6) is -0.681. The monoisotopic (exact) mass is 825 g/mol. The molecule has 1 aliphatic carbocycles. The first-order valence-corrected chi connectivity index (χ1v) is 21.2. The molecule has 0 bridgehead atoms. The predicted octanol–water partition coefficient (Wildman–Crippen LogP) is 12.1. The van der Waals surface area contributed by atoms with Crippen LogP contribution in [0.2, 0.25) is 0 Å². The molecule has 6 aromatic carbocycles. The van der Waals surface area contributed by atoms with E-state index in [0.717, 1.165) is 35.5 Å². The van der Waals surface area contributed by atoms with Crippen molar-refractivity contribution >= 4 is 40.5 Å². The van der Waals surface area contributed by atoms with E-state index in [2.05, 4.69) is 64.7 Å². The highest BCUT2D eigenvalue weighted by molar-refractivity contribution is 5.93. The molecule has 0 radical (unpaired) electrons. The summed E-state index contributed by atoms with van der Waals surface area (Å²) in [5.41, 5.74) is 10.5. The first-order valence-electron chi connectivity index (χ1n) is 21.2. The van der Waals surface area contributed by atoms with E-state index in [1.807, 2.05) is 108 Å². The summed E-state index contributed by atoms with van der Waals surface area (Å²) in [5, 5.41) is 3.31. The van der Waals surface area contributed by atoms with Crippen LogP contribution in [0.5, 0.6) is 0 Å². The number of hydrogen-bond donors (Lipinski definition) is 1. The standard InChI is InChI=1S/C27H26N2O3.C15H15NO2.C12H14/c1-32-26(30)24-14-12-21(13-15-24)20-29(25-10-6-3-7-11-25)27(31)28-18-16-23(17-19-28)22-8-4-2-5-9-22;1-18-15(17)13-9-7-12(8-10-13)11-16-14-5-3-2-4-6-14;1-3-7-11(8-4-1)12-9-5-2-6-10-12/h2-16H,17-20H2,1H3;2-10,16H,11H2,1H3;1,3-4,7-9H,2,5-6,10H2. The van der Waals surface area contributed by atoms with Gasteiger partial charge in [-0.25, -0.2) is 14.4 Å². The maximum Gasteiger partial charge on any atom is 0.337 e. The van der Waals surface area contributed by atoms with Gasteiger partial charge in [-0.2, -0.15) is 0 Å². The second-order valence-corrected chi connectivity index (χ2v) is 14.9. The van der Waals surface area contributed by atoms with Gasteiger partial charge in [0, 0.05) is 31.0 Å². The van der Waals surface area contributed by atoms with E-state index in [0.29, 0.717) is 30.8 Å². The second kappa shape index (κ2) is 23.6. The lowest BCUT2D eigenvalue weighted by Crippen LogP contribution is -2.44. The van der Waals surface area contributed by atoms with E-state index < -0.39 is 0 Å². The van der Waals surface area contributed by atoms with E-state index in [1.54, 1.807) is 34.7 Å². The van der Waals surface area contributed by atoms with E-state index in [-0.39, 0.29) is 18.0 Å². The molecule has 1 N–H and O–H groups in total. The molecule has 1 aliphatic heterocycles. The third-order valence-corrected chi connectivity index (χ3v) is 10.7. The Balaban J connectivity index is 0.000000178. The van der Waals surface area contributed by atoms with Gasteiger partial charge in [-0.15, -0.1) is 0 Å². The third-order valence-electron chi connectivity index (χ3n) is 10.7. The quantitative estimate of drug-likeness (QED) is 0.138. The molecule has 1 heterocycles. The van der Waals surface area contributed by atoms with Crippen LogP contribution < -0.4 is 10.2 Å². The number of carbonyl (C=O) groups excluding carboxylic acids is 3. The molecule has 0 aromatic heterocycles. The van der Waals surface area contributed by atoms with Gasteiger partial charge in [0.25, 0.3) is 0 Å². The smallest absolute Gasteiger partial charge is 0.337 e. The molecule has 8 heteroatoms. The van der Waals surface area contributed by atoms with Crippen LogP contribution in [-0.4, -0.2) is 50.2 Å². The number of methoxy groups -OCH3 is 2. The van der Waals surface area contributed by atoms with Crippen molar-refractivity contribution in [1.29, 1.82) is 0 Å². The number of esters is 2. The molecule has 0 spiro atoms. The zero-order valence-corrected chi connectivity index (χ0v) is 35.6. The average Bonchev–Trinajstić information content (AvgIpc) is 3.36. The van der Waals surface area contributed by atoms with Crippen LogP contribution in [0.3, 0.4) is 0 Å². The second-order valence-electron chi connectivity index (χ2n) is 14.9. The van der Waals surface area contributed by atoms with Crippen molar-refractivity contribution in [1.82, 2.24) is 4.90 Å². The fraction of sp³-hybridized carbons (Fsp3) is 0.204. The van der Waals surface area contributed by atoms with Crippen molar-refractivity contribution < 1.29 is 23.9 Å². The number of anilines is 2. The van der Waals surface area contributed by atoms with Gasteiger partial charge in [0.05, 0.1) is 31.9 Å². The van der Waals surface area contributed by atoms with Crippen LogP contribution in [0.25, 0.3) is 11.1 Å². The minimum atomic E-state index is -0.373. The number of ether oxygens (including phenoxy) is 2. The molecule has 0 atom stereocenters. The lowest BCUT2D eigenvalue weighted by atomic mass is 9.94. The zero-order valence-electron chi connectivity index (χ0n) is 35.6. The first-order chi connectivity index (χ1) is 30.4. The van der Waals surface area contributed by atoms with Crippen LogP contribution in [0, 0.1) is 0 Å². The van der Waals surface area contributed by atoms with Gasteiger partial charge in [0.2, 0.25) is 0 Å². The minimum absolute atomic E-state index is 0.0309. The van der Waals surface area contributed by atoms with Crippen molar-refractivity contribution in [2.24, 2.45) is 0 Å². The van der Waals surface area contributed by atoms with Crippen molar-refractivity contribution in [2.75, 3.05) is 37.5 Å². The number of nitrogens with zero attached hydrogens (tertiary/aromatic N) is 2. The van der Waals surface area contributed by atoms with E-state index in [9.17, 15) is 14.4 Å². The number of allylic oxidation sites excluding steroid dienone is 2. The summed E-state index contributed by atoms with van der Waals surface area (Å²) in [4.78, 5) is 40.2. The number of benzene rings is 6. The Kier molecular flexibility index (Phi) is 16.9. The van der Waals surface area contributed by atoms with E-state index in [1.165, 1.54) is 56.6 Å². The summed E-state index contributed by atoms with van der Waals surface area (Å²) < 4.78 is 9.42. The van der Waals surface area contributed by atoms with Gasteiger partial charge in [-0.3, -0.25) is 4.90 Å². The topological polar surface area (TPSA) is 88.2 Å². The number of urea groups is 1. The Morgan fingerprint density at radius 2 is 1.06 bits per heavy atom. The highest BCUT2D eigenvalue weighted by atomic mass is 16.5. The first kappa shape index (κ1) is 44.4. The molecule has 62 heavy (non-hydrogen) atoms. The Bertz CT molecular complexity index is 2360. The van der Waals surface area contributed by atoms with E-state index in [4.69, 9.17) is 4.74 Å². The number of amides is 2. The lowest BCUT2D eigenvalue weighted by Gasteiger charge is -2.33. The van der Waals surface area contributed by atoms with Crippen LogP contribution in [0.1, 0.15) is 75.1 Å². The SMILES string of the molecule is C1=C(c2ccccc2)CCCC1.COC(=O)c1ccc(CN(C(=O)N2CC=C(c3ccccc3)CC2)c2ccccc2)cc1.COC(=O)c1ccc(CNc2ccccc2)cc1. The molecule has 0 saturated heterocycles. The van der Waals surface area contributed by atoms with E-state index >= 15 is 0 Å². The minimum Gasteiger partial charge on any atom is -0.465 e. The summed E-state index contributed by atoms with van der Waals surface area (Å²) in [6.07, 6.45) is 10.6. The fourth-order valence-electron chi connectivity index (χ4n) is 7.24. The largest absolute Gasteiger partial charge is 0.465 e. The molecule has 6 aromatic rings. The van der Waals surface area contributed by atoms with Gasteiger partial charge in [0.15, 0.2) is 0 Å². The Labute approximate surface area is 366 Å². The van der Waals surface area contributed by atoms with Crippen molar-refractivity contribution in [3.8, 4) is 0 Å². The highest BCUT2D eigenvalue weighted by Gasteiger charge is 2.25. The van der Waals surface area contributed by atoms with Crippen LogP contribution >= 0.6 is 0 Å². The summed E-state index contributed by atoms with van der Waals surface area (Å²) in [6.45, 7) is 2.39. The highest BCUT2D eigenvalue weighted by Crippen LogP contribution is 2.27. The molecule has 2 amide bonds. The molecular formula is C54H55N3O5. The number of carbonyl (C=O) groups is 3. The Hall–Kier alpha value is -7.19. The average molecular weight is 826 g/mol. The van der Waals surface area contributed by atoms with Crippen LogP contribution in [0.15, 0.2) is 182 Å². The molecule has 0 unspecified atom stereocenters. The Morgan fingerprint density at radius 3 is 1.55 bits per heavy atom. The molecule has 2 aliphatic rings. The van der Waals surface area contributed by atoms with Crippen molar-refractivity contribution in [3.05, 3.63) is 215 Å². The number of rotatable bonds is 10. The molecular weight excluding hydrogens is 771 g/mol. The van der Waals surface area contributed by atoms with Crippen LogP contribution in [-0.2, 0) is 22.6 Å². The predicted molar refractivity (Wildman–Crippen MR) is 251 cm³/mol. The number of nitrogens with one attached hydrogen (secondary N) is 1. The Morgan fingerprint density at radius 1 is 0.565 bits per heavy atom. The maximum atomic E-state index is 13.5. The summed E-state index contributed by atoms with van der Waals surface area (Å²) >= 11 is 0. The normalized spacial score (nSPS) is 13.0. The third kappa shape index (κ3) is 13.2. The van der Waals surface area contributed by atoms with Gasteiger partial charge in [0.1, 0.15) is 0 Å².